The van der Waals surface area contributed by atoms with Crippen molar-refractivity contribution >= 4 is 11.7 Å². The molecule has 2 aromatic rings. The maximum Gasteiger partial charge on any atom is 0.322 e. The molecule has 0 bridgehead atoms. The van der Waals surface area contributed by atoms with Gasteiger partial charge in [0, 0.05) is 37.9 Å². The zero-order chi connectivity index (χ0) is 23.7. The molecule has 0 radical (unpaired) electrons. The summed E-state index contributed by atoms with van der Waals surface area (Å²) in [4.78, 5) is 17.5. The van der Waals surface area contributed by atoms with Crippen LogP contribution < -0.4 is 5.32 Å². The third-order valence-electron chi connectivity index (χ3n) is 7.96. The summed E-state index contributed by atoms with van der Waals surface area (Å²) in [6, 6.07) is 16.1. The maximum atomic E-state index is 13.7. The van der Waals surface area contributed by atoms with Crippen LogP contribution in [0.3, 0.4) is 0 Å². The molecule has 178 valence electrons. The number of halogens is 1. The Kier molecular flexibility index (Phi) is 6.28. The van der Waals surface area contributed by atoms with Crippen molar-refractivity contribution in [3.63, 3.8) is 0 Å². The number of nitrogens with one attached hydrogen (secondary N) is 1. The van der Waals surface area contributed by atoms with Gasteiger partial charge in [0.05, 0.1) is 17.7 Å². The van der Waals surface area contributed by atoms with Gasteiger partial charge in [0.25, 0.3) is 0 Å². The largest absolute Gasteiger partial charge is 0.392 e. The van der Waals surface area contributed by atoms with Crippen molar-refractivity contribution in [3.05, 3.63) is 65.5 Å². The molecule has 3 fully saturated rings. The Morgan fingerprint density at radius 1 is 1.26 bits per heavy atom. The molecular formula is C27H31FN4O2. The van der Waals surface area contributed by atoms with E-state index < -0.39 is 0 Å². The average Bonchev–Trinajstić information content (AvgIpc) is 3.44. The van der Waals surface area contributed by atoms with E-state index in [2.05, 4.69) is 22.4 Å². The number of benzene rings is 2. The van der Waals surface area contributed by atoms with E-state index in [0.717, 1.165) is 38.6 Å². The number of nitrogens with zero attached hydrogens (tertiary/aromatic N) is 3. The van der Waals surface area contributed by atoms with Gasteiger partial charge in [0.2, 0.25) is 0 Å². The van der Waals surface area contributed by atoms with Crippen LogP contribution in [0.25, 0.3) is 0 Å². The van der Waals surface area contributed by atoms with Crippen molar-refractivity contribution in [2.75, 3.05) is 31.5 Å². The number of carbonyl (C=O) groups is 1. The molecule has 5 rings (SSSR count). The lowest BCUT2D eigenvalue weighted by molar-refractivity contribution is 0.142. The van der Waals surface area contributed by atoms with Gasteiger partial charge in [0.15, 0.2) is 0 Å². The lowest BCUT2D eigenvalue weighted by atomic mass is 9.80. The fourth-order valence-electron chi connectivity index (χ4n) is 6.02. The van der Waals surface area contributed by atoms with Gasteiger partial charge in [-0.1, -0.05) is 18.2 Å². The van der Waals surface area contributed by atoms with E-state index in [1.807, 2.05) is 23.1 Å². The molecule has 0 aromatic heterocycles. The number of β-amino-alcohol motifs (C(OH)–C–C–N with tert-alkyl or cyclic N) is 1. The molecule has 2 aliphatic carbocycles. The fraction of sp³-hybridized carbons (Fsp3) is 0.481. The number of carbonyl (C=O) groups excluding carboxylic acids is 1. The topological polar surface area (TPSA) is 79.6 Å². The number of urea groups is 1. The number of hydrogen-bond donors (Lipinski definition) is 2. The number of aliphatic hydroxyl groups is 1. The van der Waals surface area contributed by atoms with E-state index in [1.165, 1.54) is 17.7 Å². The van der Waals surface area contributed by atoms with Gasteiger partial charge in [-0.25, -0.2) is 9.18 Å². The van der Waals surface area contributed by atoms with E-state index in [4.69, 9.17) is 0 Å². The quantitative estimate of drug-likeness (QED) is 0.677. The Morgan fingerprint density at radius 3 is 2.85 bits per heavy atom. The first-order chi connectivity index (χ1) is 16.5. The number of anilines is 1. The number of amides is 2. The molecule has 7 heteroatoms. The number of nitriles is 1. The Morgan fingerprint density at radius 2 is 2.12 bits per heavy atom. The highest BCUT2D eigenvalue weighted by Crippen LogP contribution is 2.62. The van der Waals surface area contributed by atoms with Crippen LogP contribution in [0.1, 0.15) is 43.2 Å². The number of hydrogen-bond acceptors (Lipinski definition) is 4. The molecule has 1 heterocycles. The minimum Gasteiger partial charge on any atom is -0.392 e. The highest BCUT2D eigenvalue weighted by molar-refractivity contribution is 5.89. The first-order valence-corrected chi connectivity index (χ1v) is 12.2. The number of fused-ring (bicyclic) bond motifs is 1. The second-order valence-corrected chi connectivity index (χ2v) is 10.1. The maximum absolute atomic E-state index is 13.7. The highest BCUT2D eigenvalue weighted by Gasteiger charge is 2.58. The molecule has 2 unspecified atom stereocenters. The van der Waals surface area contributed by atoms with Crippen LogP contribution in [0.5, 0.6) is 0 Å². The zero-order valence-corrected chi connectivity index (χ0v) is 19.3. The monoisotopic (exact) mass is 462 g/mol. The van der Waals surface area contributed by atoms with E-state index in [0.29, 0.717) is 36.8 Å². The summed E-state index contributed by atoms with van der Waals surface area (Å²) in [7, 11) is 0. The van der Waals surface area contributed by atoms with Crippen LogP contribution in [0.2, 0.25) is 0 Å². The molecule has 2 amide bonds. The SMILES string of the molecule is N#Cc1cccc([C@]23CCC(N(CCN4CC[C@@H](O)C4)C(=O)Nc4cccc(F)c4)CC2C3)c1. The van der Waals surface area contributed by atoms with Gasteiger partial charge in [-0.15, -0.1) is 0 Å². The molecule has 34 heavy (non-hydrogen) atoms. The Balaban J connectivity index is 1.29. The third-order valence-corrected chi connectivity index (χ3v) is 7.96. The van der Waals surface area contributed by atoms with E-state index in [9.17, 15) is 19.6 Å². The van der Waals surface area contributed by atoms with Gasteiger partial charge >= 0.3 is 6.03 Å². The summed E-state index contributed by atoms with van der Waals surface area (Å²) >= 11 is 0. The van der Waals surface area contributed by atoms with Crippen molar-refractivity contribution in [2.45, 2.75) is 49.7 Å². The van der Waals surface area contributed by atoms with E-state index in [1.54, 1.807) is 12.1 Å². The molecular weight excluding hydrogens is 431 g/mol. The summed E-state index contributed by atoms with van der Waals surface area (Å²) in [5.41, 5.74) is 2.53. The van der Waals surface area contributed by atoms with Crippen LogP contribution >= 0.6 is 0 Å². The molecule has 0 spiro atoms. The molecule has 4 atom stereocenters. The van der Waals surface area contributed by atoms with Crippen LogP contribution in [0.15, 0.2) is 48.5 Å². The molecule has 1 saturated heterocycles. The lowest BCUT2D eigenvalue weighted by Gasteiger charge is -2.37. The van der Waals surface area contributed by atoms with Crippen LogP contribution in [0.4, 0.5) is 14.9 Å². The van der Waals surface area contributed by atoms with Crippen molar-refractivity contribution < 1.29 is 14.3 Å². The Hall–Kier alpha value is -2.95. The first kappa shape index (κ1) is 22.8. The van der Waals surface area contributed by atoms with E-state index in [-0.39, 0.29) is 29.4 Å². The summed E-state index contributed by atoms with van der Waals surface area (Å²) in [6.45, 7) is 2.77. The van der Waals surface area contributed by atoms with Crippen LogP contribution in [-0.4, -0.2) is 59.3 Å². The molecule has 6 nitrogen and oxygen atoms in total. The second kappa shape index (κ2) is 9.36. The van der Waals surface area contributed by atoms with Crippen molar-refractivity contribution in [3.8, 4) is 6.07 Å². The summed E-state index contributed by atoms with van der Waals surface area (Å²) in [5, 5.41) is 22.1. The highest BCUT2D eigenvalue weighted by atomic mass is 19.1. The van der Waals surface area contributed by atoms with Crippen molar-refractivity contribution in [2.24, 2.45) is 5.92 Å². The first-order valence-electron chi connectivity index (χ1n) is 12.2. The van der Waals surface area contributed by atoms with Crippen molar-refractivity contribution in [1.29, 1.82) is 5.26 Å². The van der Waals surface area contributed by atoms with Crippen LogP contribution in [0, 0.1) is 23.1 Å². The van der Waals surface area contributed by atoms with Gasteiger partial charge in [-0.3, -0.25) is 4.90 Å². The van der Waals surface area contributed by atoms with Gasteiger partial charge in [-0.2, -0.15) is 5.26 Å². The summed E-state index contributed by atoms with van der Waals surface area (Å²) in [5.74, 6) is 0.119. The number of likely N-dealkylation sites (tertiary alicyclic amines) is 1. The number of aliphatic hydroxyl groups excluding tert-OH is 1. The number of rotatable bonds is 6. The minimum atomic E-state index is -0.379. The van der Waals surface area contributed by atoms with Crippen LogP contribution in [-0.2, 0) is 5.41 Å². The predicted molar refractivity (Wildman–Crippen MR) is 128 cm³/mol. The standard InChI is InChI=1S/C27H31FN4O2/c28-22-5-2-6-23(15-22)30-26(34)32(12-11-31-10-8-25(33)18-31)24-7-9-27(16-21(27)14-24)20-4-1-3-19(13-20)17-29/h1-6,13,15,21,24-25,33H,7-12,14,16,18H2,(H,30,34)/t21?,24?,25-,27-/m1/s1. The predicted octanol–water partition coefficient (Wildman–Crippen LogP) is 4.11. The minimum absolute atomic E-state index is 0.112. The molecule has 1 aliphatic heterocycles. The molecule has 2 N–H and O–H groups in total. The third kappa shape index (κ3) is 4.66. The van der Waals surface area contributed by atoms with Gasteiger partial charge < -0.3 is 15.3 Å². The second-order valence-electron chi connectivity index (χ2n) is 10.1. The summed E-state index contributed by atoms with van der Waals surface area (Å²) in [6.07, 6.45) is 4.38. The Labute approximate surface area is 200 Å². The van der Waals surface area contributed by atoms with Gasteiger partial charge in [0.1, 0.15) is 5.82 Å². The summed E-state index contributed by atoms with van der Waals surface area (Å²) < 4.78 is 13.7. The average molecular weight is 463 g/mol. The molecule has 3 aliphatic rings. The van der Waals surface area contributed by atoms with Gasteiger partial charge in [-0.05, 0) is 79.3 Å². The zero-order valence-electron chi connectivity index (χ0n) is 19.3. The normalized spacial score (nSPS) is 28.1. The molecule has 2 aromatic carbocycles. The lowest BCUT2D eigenvalue weighted by Crippen LogP contribution is -2.48. The molecule has 2 saturated carbocycles. The Bertz CT molecular complexity index is 1100. The van der Waals surface area contributed by atoms with E-state index >= 15 is 0 Å². The van der Waals surface area contributed by atoms with Crippen molar-refractivity contribution in [1.82, 2.24) is 9.80 Å². The smallest absolute Gasteiger partial charge is 0.322 e. The fourth-order valence-corrected chi connectivity index (χ4v) is 6.02.